The number of benzene rings is 1. The van der Waals surface area contributed by atoms with Crippen LogP contribution in [0.5, 0.6) is 0 Å². The average Bonchev–Trinajstić information content (AvgIpc) is 2.99. The number of hydrogen-bond acceptors (Lipinski definition) is 6. The lowest BCUT2D eigenvalue weighted by Crippen LogP contribution is -2.36. The zero-order chi connectivity index (χ0) is 17.8. The number of nitrogens with zero attached hydrogens (tertiary/aromatic N) is 4. The minimum atomic E-state index is -0.640. The fraction of sp³-hybridized carbons (Fsp3) is 0.353. The van der Waals surface area contributed by atoms with Gasteiger partial charge in [-0.25, -0.2) is 4.68 Å². The molecule has 0 radical (unpaired) electrons. The van der Waals surface area contributed by atoms with Crippen LogP contribution in [0.1, 0.15) is 38.3 Å². The average molecular weight is 339 g/mol. The van der Waals surface area contributed by atoms with Crippen LogP contribution in [-0.4, -0.2) is 25.5 Å². The second-order valence-electron chi connectivity index (χ2n) is 7.20. The predicted octanol–water partition coefficient (Wildman–Crippen LogP) is 2.84. The van der Waals surface area contributed by atoms with Crippen molar-refractivity contribution in [2.45, 2.75) is 32.7 Å². The van der Waals surface area contributed by atoms with E-state index in [1.54, 1.807) is 22.9 Å². The number of nitro groups is 1. The van der Waals surface area contributed by atoms with E-state index in [2.05, 4.69) is 15.4 Å². The molecule has 128 valence electrons. The summed E-state index contributed by atoms with van der Waals surface area (Å²) in [6.07, 6.45) is 2.46. The third-order valence-corrected chi connectivity index (χ3v) is 4.70. The van der Waals surface area contributed by atoms with Crippen molar-refractivity contribution in [3.8, 4) is 0 Å². The minimum absolute atomic E-state index is 0.0111. The Hall–Kier alpha value is -3.03. The second kappa shape index (κ2) is 5.23. The van der Waals surface area contributed by atoms with Crippen molar-refractivity contribution in [3.63, 3.8) is 0 Å². The van der Waals surface area contributed by atoms with E-state index in [-0.39, 0.29) is 16.9 Å². The van der Waals surface area contributed by atoms with Crippen molar-refractivity contribution in [1.82, 2.24) is 14.8 Å². The van der Waals surface area contributed by atoms with Gasteiger partial charge in [0.05, 0.1) is 10.5 Å². The van der Waals surface area contributed by atoms with E-state index in [9.17, 15) is 14.9 Å². The number of carbonyl (C=O) groups is 1. The topological polar surface area (TPSA) is 103 Å². The van der Waals surface area contributed by atoms with Gasteiger partial charge in [0.15, 0.2) is 5.78 Å². The fourth-order valence-electron chi connectivity index (χ4n) is 3.72. The van der Waals surface area contributed by atoms with Crippen molar-refractivity contribution in [3.05, 3.63) is 57.5 Å². The highest BCUT2D eigenvalue weighted by Crippen LogP contribution is 2.46. The summed E-state index contributed by atoms with van der Waals surface area (Å²) in [6, 6.07) is 5.84. The molecule has 2 aromatic rings. The Kier molecular flexibility index (Phi) is 3.24. The summed E-state index contributed by atoms with van der Waals surface area (Å²) in [5.74, 6) is 0.482. The molecular formula is C17H17N5O3. The maximum Gasteiger partial charge on any atom is 0.275 e. The smallest absolute Gasteiger partial charge is 0.275 e. The van der Waals surface area contributed by atoms with E-state index in [1.165, 1.54) is 12.4 Å². The van der Waals surface area contributed by atoms with Crippen molar-refractivity contribution < 1.29 is 9.72 Å². The van der Waals surface area contributed by atoms with Crippen molar-refractivity contribution in [2.75, 3.05) is 5.32 Å². The first-order chi connectivity index (χ1) is 11.9. The molecule has 1 atom stereocenters. The minimum Gasteiger partial charge on any atom is -0.328 e. The lowest BCUT2D eigenvalue weighted by atomic mass is 9.73. The summed E-state index contributed by atoms with van der Waals surface area (Å²) in [7, 11) is 0. The number of aromatic nitrogens is 3. The highest BCUT2D eigenvalue weighted by Gasteiger charge is 2.43. The summed E-state index contributed by atoms with van der Waals surface area (Å²) >= 11 is 0. The largest absolute Gasteiger partial charge is 0.328 e. The fourth-order valence-corrected chi connectivity index (χ4v) is 3.72. The van der Waals surface area contributed by atoms with Crippen LogP contribution >= 0.6 is 0 Å². The molecule has 0 saturated heterocycles. The van der Waals surface area contributed by atoms with Gasteiger partial charge >= 0.3 is 0 Å². The number of rotatable bonds is 2. The number of nitro benzene ring substituents is 1. The molecule has 4 rings (SSSR count). The summed E-state index contributed by atoms with van der Waals surface area (Å²) < 4.78 is 1.55. The predicted molar refractivity (Wildman–Crippen MR) is 89.9 cm³/mol. The van der Waals surface area contributed by atoms with Crippen LogP contribution < -0.4 is 5.32 Å². The van der Waals surface area contributed by atoms with Crippen LogP contribution in [0.2, 0.25) is 0 Å². The van der Waals surface area contributed by atoms with Gasteiger partial charge in [-0.3, -0.25) is 14.9 Å². The summed E-state index contributed by atoms with van der Waals surface area (Å²) in [4.78, 5) is 28.2. The molecule has 1 unspecified atom stereocenters. The van der Waals surface area contributed by atoms with Gasteiger partial charge in [-0.2, -0.15) is 10.1 Å². The Labute approximate surface area is 143 Å². The van der Waals surface area contributed by atoms with Crippen LogP contribution in [-0.2, 0) is 4.79 Å². The molecular weight excluding hydrogens is 322 g/mol. The second-order valence-corrected chi connectivity index (χ2v) is 7.20. The van der Waals surface area contributed by atoms with Gasteiger partial charge in [0, 0.05) is 23.8 Å². The number of hydrogen-bond donors (Lipinski definition) is 1. The molecule has 0 spiro atoms. The van der Waals surface area contributed by atoms with Crippen molar-refractivity contribution in [2.24, 2.45) is 5.41 Å². The molecule has 2 heterocycles. The Bertz CT molecular complexity index is 928. The molecule has 1 aliphatic heterocycles. The van der Waals surface area contributed by atoms with Crippen molar-refractivity contribution in [1.29, 1.82) is 0 Å². The van der Waals surface area contributed by atoms with Crippen LogP contribution in [0.4, 0.5) is 11.6 Å². The van der Waals surface area contributed by atoms with Crippen LogP contribution in [0.3, 0.4) is 0 Å². The lowest BCUT2D eigenvalue weighted by Gasteiger charge is -2.38. The highest BCUT2D eigenvalue weighted by molar-refractivity contribution is 6.00. The number of ketones is 1. The molecule has 8 nitrogen and oxygen atoms in total. The molecule has 0 bridgehead atoms. The summed E-state index contributed by atoms with van der Waals surface area (Å²) in [5, 5.41) is 18.9. The molecule has 2 aliphatic rings. The third-order valence-electron chi connectivity index (χ3n) is 4.70. The molecule has 0 amide bonds. The zero-order valence-corrected chi connectivity index (χ0v) is 13.9. The number of allylic oxidation sites excluding steroid dienone is 2. The number of fused-ring (bicyclic) bond motifs is 1. The summed E-state index contributed by atoms with van der Waals surface area (Å²) in [5.41, 5.74) is 1.58. The van der Waals surface area contributed by atoms with Crippen LogP contribution in [0, 0.1) is 15.5 Å². The van der Waals surface area contributed by atoms with E-state index < -0.39 is 11.0 Å². The van der Waals surface area contributed by atoms with Gasteiger partial charge < -0.3 is 5.32 Å². The van der Waals surface area contributed by atoms with Gasteiger partial charge in [-0.15, -0.1) is 0 Å². The molecule has 25 heavy (non-hydrogen) atoms. The monoisotopic (exact) mass is 339 g/mol. The number of carbonyl (C=O) groups excluding carboxylic acids is 1. The molecule has 1 N–H and O–H groups in total. The highest BCUT2D eigenvalue weighted by atomic mass is 16.6. The molecule has 1 aliphatic carbocycles. The quantitative estimate of drug-likeness (QED) is 0.666. The molecule has 8 heteroatoms. The first kappa shape index (κ1) is 15.5. The Morgan fingerprint density at radius 1 is 1.32 bits per heavy atom. The van der Waals surface area contributed by atoms with Crippen molar-refractivity contribution >= 4 is 17.4 Å². The molecule has 1 aromatic heterocycles. The first-order valence-corrected chi connectivity index (χ1v) is 8.03. The zero-order valence-electron chi connectivity index (χ0n) is 13.9. The van der Waals surface area contributed by atoms with E-state index in [0.29, 0.717) is 29.9 Å². The maximum atomic E-state index is 12.9. The Morgan fingerprint density at radius 3 is 2.84 bits per heavy atom. The normalized spacial score (nSPS) is 21.4. The standard InChI is InChI=1S/C17H17N5O3/c1-17(2)7-11-14(13(23)8-17)15(21-16(20-11)18-9-19-21)10-5-3-4-6-12(10)22(24)25/h3-6,9,15H,7-8H2,1-2H3,(H,18,19,20). The van der Waals surface area contributed by atoms with Gasteiger partial charge in [0.1, 0.15) is 12.4 Å². The van der Waals surface area contributed by atoms with E-state index in [1.807, 2.05) is 13.8 Å². The van der Waals surface area contributed by atoms with E-state index in [4.69, 9.17) is 0 Å². The number of nitrogens with one attached hydrogen (secondary N) is 1. The number of para-hydroxylation sites is 1. The van der Waals surface area contributed by atoms with E-state index in [0.717, 1.165) is 5.70 Å². The summed E-state index contributed by atoms with van der Waals surface area (Å²) in [6.45, 7) is 4.07. The molecule has 0 fully saturated rings. The van der Waals surface area contributed by atoms with Gasteiger partial charge in [-0.05, 0) is 17.9 Å². The van der Waals surface area contributed by atoms with Gasteiger partial charge in [0.2, 0.25) is 5.95 Å². The lowest BCUT2D eigenvalue weighted by molar-refractivity contribution is -0.385. The third kappa shape index (κ3) is 2.41. The van der Waals surface area contributed by atoms with E-state index >= 15 is 0 Å². The van der Waals surface area contributed by atoms with Gasteiger partial charge in [-0.1, -0.05) is 26.0 Å². The number of anilines is 1. The Balaban J connectivity index is 1.96. The molecule has 0 saturated carbocycles. The van der Waals surface area contributed by atoms with Crippen LogP contribution in [0.25, 0.3) is 0 Å². The molecule has 1 aromatic carbocycles. The Morgan fingerprint density at radius 2 is 2.08 bits per heavy atom. The SMILES string of the molecule is CC1(C)CC(=O)C2=C(C1)Nc1ncnn1C2c1ccccc1[N+](=O)[O-]. The maximum absolute atomic E-state index is 12.9. The van der Waals surface area contributed by atoms with Crippen LogP contribution in [0.15, 0.2) is 41.9 Å². The first-order valence-electron chi connectivity index (χ1n) is 8.03. The number of Topliss-reactive ketones (excluding diaryl/α,β-unsaturated/α-hetero) is 1. The van der Waals surface area contributed by atoms with Gasteiger partial charge in [0.25, 0.3) is 5.69 Å².